The van der Waals surface area contributed by atoms with Crippen LogP contribution in [0, 0.1) is 5.92 Å². The topological polar surface area (TPSA) is 44.4 Å². The number of rotatable bonds is 4. The van der Waals surface area contributed by atoms with Gasteiger partial charge in [0, 0.05) is 31.4 Å². The molecule has 0 spiro atoms. The number of nitrogens with zero attached hydrogens (tertiary/aromatic N) is 1. The van der Waals surface area contributed by atoms with Crippen LogP contribution in [0.15, 0.2) is 42.5 Å². The van der Waals surface area contributed by atoms with Crippen molar-refractivity contribution < 1.29 is 4.79 Å². The van der Waals surface area contributed by atoms with E-state index in [0.717, 1.165) is 42.9 Å². The SMILES string of the molecule is O=C(Nc1ccc2ccccc2c1)NC1CCN(CC2CCCCC2)CC1. The van der Waals surface area contributed by atoms with Gasteiger partial charge < -0.3 is 15.5 Å². The van der Waals surface area contributed by atoms with Crippen LogP contribution in [0.4, 0.5) is 10.5 Å². The lowest BCUT2D eigenvalue weighted by Crippen LogP contribution is -2.47. The van der Waals surface area contributed by atoms with Gasteiger partial charge in [0.25, 0.3) is 0 Å². The summed E-state index contributed by atoms with van der Waals surface area (Å²) in [6.45, 7) is 3.48. The number of nitrogens with one attached hydrogen (secondary N) is 2. The Labute approximate surface area is 162 Å². The highest BCUT2D eigenvalue weighted by Crippen LogP contribution is 2.25. The zero-order valence-corrected chi connectivity index (χ0v) is 16.1. The van der Waals surface area contributed by atoms with Crippen molar-refractivity contribution >= 4 is 22.5 Å². The molecule has 2 aromatic carbocycles. The molecular weight excluding hydrogens is 334 g/mol. The van der Waals surface area contributed by atoms with E-state index in [4.69, 9.17) is 0 Å². The first-order valence-electron chi connectivity index (χ1n) is 10.5. The lowest BCUT2D eigenvalue weighted by molar-refractivity contribution is 0.157. The highest BCUT2D eigenvalue weighted by molar-refractivity contribution is 5.93. The molecule has 2 N–H and O–H groups in total. The molecule has 144 valence electrons. The Kier molecular flexibility index (Phi) is 5.93. The third kappa shape index (κ3) is 5.01. The van der Waals surface area contributed by atoms with Crippen molar-refractivity contribution in [3.63, 3.8) is 0 Å². The van der Waals surface area contributed by atoms with Gasteiger partial charge in [-0.05, 0) is 54.5 Å². The van der Waals surface area contributed by atoms with Gasteiger partial charge >= 0.3 is 6.03 Å². The van der Waals surface area contributed by atoms with Crippen molar-refractivity contribution in [3.8, 4) is 0 Å². The maximum absolute atomic E-state index is 12.4. The van der Waals surface area contributed by atoms with Crippen LogP contribution in [-0.4, -0.2) is 36.6 Å². The molecule has 0 aromatic heterocycles. The van der Waals surface area contributed by atoms with Gasteiger partial charge in [-0.25, -0.2) is 4.79 Å². The summed E-state index contributed by atoms with van der Waals surface area (Å²) in [5.41, 5.74) is 0.848. The number of carbonyl (C=O) groups is 1. The molecule has 4 heteroatoms. The fraction of sp³-hybridized carbons (Fsp3) is 0.522. The molecule has 0 bridgehead atoms. The summed E-state index contributed by atoms with van der Waals surface area (Å²) in [7, 11) is 0. The van der Waals surface area contributed by atoms with E-state index in [1.807, 2.05) is 24.3 Å². The molecule has 0 radical (unpaired) electrons. The third-order valence-corrected chi connectivity index (χ3v) is 6.17. The number of piperidine rings is 1. The van der Waals surface area contributed by atoms with Crippen LogP contribution >= 0.6 is 0 Å². The molecular formula is C23H31N3O. The number of hydrogen-bond acceptors (Lipinski definition) is 2. The Balaban J connectivity index is 1.23. The van der Waals surface area contributed by atoms with Crippen LogP contribution in [0.5, 0.6) is 0 Å². The molecule has 2 amide bonds. The zero-order valence-electron chi connectivity index (χ0n) is 16.1. The number of carbonyl (C=O) groups excluding carboxylic acids is 1. The van der Waals surface area contributed by atoms with Gasteiger partial charge in [-0.1, -0.05) is 49.6 Å². The molecule has 2 fully saturated rings. The minimum absolute atomic E-state index is 0.0870. The average Bonchev–Trinajstić information content (AvgIpc) is 2.70. The van der Waals surface area contributed by atoms with Gasteiger partial charge in [0.05, 0.1) is 0 Å². The molecule has 2 aromatic rings. The summed E-state index contributed by atoms with van der Waals surface area (Å²) in [5.74, 6) is 0.902. The number of anilines is 1. The van der Waals surface area contributed by atoms with Crippen molar-refractivity contribution in [2.75, 3.05) is 25.0 Å². The average molecular weight is 366 g/mol. The smallest absolute Gasteiger partial charge is 0.319 e. The first-order valence-corrected chi connectivity index (χ1v) is 10.5. The van der Waals surface area contributed by atoms with Gasteiger partial charge in [-0.2, -0.15) is 0 Å². The predicted octanol–water partition coefficient (Wildman–Crippen LogP) is 5.01. The Morgan fingerprint density at radius 1 is 0.926 bits per heavy atom. The molecule has 1 aliphatic carbocycles. The number of hydrogen-bond donors (Lipinski definition) is 2. The monoisotopic (exact) mass is 365 g/mol. The number of urea groups is 1. The van der Waals surface area contributed by atoms with Crippen molar-refractivity contribution in [1.82, 2.24) is 10.2 Å². The van der Waals surface area contributed by atoms with Gasteiger partial charge in [-0.15, -0.1) is 0 Å². The number of amides is 2. The molecule has 1 aliphatic heterocycles. The second-order valence-electron chi connectivity index (χ2n) is 8.24. The van der Waals surface area contributed by atoms with E-state index in [2.05, 4.69) is 33.7 Å². The minimum Gasteiger partial charge on any atom is -0.335 e. The van der Waals surface area contributed by atoms with E-state index in [1.165, 1.54) is 44.0 Å². The fourth-order valence-electron chi connectivity index (χ4n) is 4.61. The fourth-order valence-corrected chi connectivity index (χ4v) is 4.61. The molecule has 1 heterocycles. The van der Waals surface area contributed by atoms with Crippen molar-refractivity contribution in [2.45, 2.75) is 51.0 Å². The first kappa shape index (κ1) is 18.3. The summed E-state index contributed by atoms with van der Waals surface area (Å²) in [6, 6.07) is 14.5. The summed E-state index contributed by atoms with van der Waals surface area (Å²) < 4.78 is 0. The molecule has 4 nitrogen and oxygen atoms in total. The van der Waals surface area contributed by atoms with Crippen molar-refractivity contribution in [1.29, 1.82) is 0 Å². The number of fused-ring (bicyclic) bond motifs is 1. The van der Waals surface area contributed by atoms with Crippen molar-refractivity contribution in [3.05, 3.63) is 42.5 Å². The maximum atomic E-state index is 12.4. The van der Waals surface area contributed by atoms with E-state index < -0.39 is 0 Å². The summed E-state index contributed by atoms with van der Waals surface area (Å²) >= 11 is 0. The normalized spacial score (nSPS) is 19.9. The van der Waals surface area contributed by atoms with Crippen LogP contribution in [0.3, 0.4) is 0 Å². The molecule has 1 saturated carbocycles. The Morgan fingerprint density at radius 3 is 2.44 bits per heavy atom. The number of benzene rings is 2. The number of likely N-dealkylation sites (tertiary alicyclic amines) is 1. The van der Waals surface area contributed by atoms with Crippen molar-refractivity contribution in [2.24, 2.45) is 5.92 Å². The Bertz CT molecular complexity index is 761. The van der Waals surface area contributed by atoms with Crippen LogP contribution in [0.1, 0.15) is 44.9 Å². The van der Waals surface area contributed by atoms with Gasteiger partial charge in [0.15, 0.2) is 0 Å². The summed E-state index contributed by atoms with van der Waals surface area (Å²) in [5, 5.41) is 8.49. The van der Waals surface area contributed by atoms with Crippen LogP contribution in [-0.2, 0) is 0 Å². The van der Waals surface area contributed by atoms with Crippen LogP contribution < -0.4 is 10.6 Å². The van der Waals surface area contributed by atoms with Crippen LogP contribution in [0.2, 0.25) is 0 Å². The molecule has 0 atom stereocenters. The predicted molar refractivity (Wildman–Crippen MR) is 112 cm³/mol. The maximum Gasteiger partial charge on any atom is 0.319 e. The van der Waals surface area contributed by atoms with E-state index in [9.17, 15) is 4.79 Å². The quantitative estimate of drug-likeness (QED) is 0.800. The van der Waals surface area contributed by atoms with Gasteiger partial charge in [0.1, 0.15) is 0 Å². The van der Waals surface area contributed by atoms with E-state index in [1.54, 1.807) is 0 Å². The standard InChI is InChI=1S/C23H31N3O/c27-23(25-22-11-10-19-8-4-5-9-20(19)16-22)24-21-12-14-26(15-13-21)17-18-6-2-1-3-7-18/h4-5,8-11,16,18,21H,1-3,6-7,12-15,17H2,(H2,24,25,27). The highest BCUT2D eigenvalue weighted by atomic mass is 16.2. The molecule has 27 heavy (non-hydrogen) atoms. The van der Waals surface area contributed by atoms with E-state index in [0.29, 0.717) is 0 Å². The third-order valence-electron chi connectivity index (χ3n) is 6.17. The minimum atomic E-state index is -0.0870. The second-order valence-corrected chi connectivity index (χ2v) is 8.24. The van der Waals surface area contributed by atoms with E-state index >= 15 is 0 Å². The molecule has 4 rings (SSSR count). The second kappa shape index (κ2) is 8.75. The zero-order chi connectivity index (χ0) is 18.5. The van der Waals surface area contributed by atoms with Gasteiger partial charge in [-0.3, -0.25) is 0 Å². The lowest BCUT2D eigenvalue weighted by atomic mass is 9.88. The summed E-state index contributed by atoms with van der Waals surface area (Å²) in [6.07, 6.45) is 9.18. The lowest BCUT2D eigenvalue weighted by Gasteiger charge is -2.35. The molecule has 2 aliphatic rings. The summed E-state index contributed by atoms with van der Waals surface area (Å²) in [4.78, 5) is 15.0. The highest BCUT2D eigenvalue weighted by Gasteiger charge is 2.23. The molecule has 0 unspecified atom stereocenters. The molecule has 1 saturated heterocycles. The van der Waals surface area contributed by atoms with E-state index in [-0.39, 0.29) is 12.1 Å². The van der Waals surface area contributed by atoms with Crippen LogP contribution in [0.25, 0.3) is 10.8 Å². The van der Waals surface area contributed by atoms with Gasteiger partial charge in [0.2, 0.25) is 0 Å². The Morgan fingerprint density at radius 2 is 1.67 bits per heavy atom. The largest absolute Gasteiger partial charge is 0.335 e. The first-order chi connectivity index (χ1) is 13.3. The Hall–Kier alpha value is -2.07.